The lowest BCUT2D eigenvalue weighted by Crippen LogP contribution is -2.36. The number of aromatic nitrogens is 2. The Hall–Kier alpha value is -2.46. The maximum absolute atomic E-state index is 12.7. The number of halogens is 2. The molecular weight excluding hydrogens is 316 g/mol. The highest BCUT2D eigenvalue weighted by Crippen LogP contribution is 2.33. The maximum atomic E-state index is 12.7. The van der Waals surface area contributed by atoms with Crippen LogP contribution in [0.25, 0.3) is 10.4 Å². The van der Waals surface area contributed by atoms with Gasteiger partial charge in [0.25, 0.3) is 6.43 Å². The molecule has 1 N–H and O–H groups in total. The zero-order chi connectivity index (χ0) is 17.0. The molecule has 1 aromatic heterocycles. The Bertz CT molecular complexity index is 617. The fraction of sp³-hybridized carbons (Fsp3) is 0.727. The summed E-state index contributed by atoms with van der Waals surface area (Å²) in [6, 6.07) is 0. The third kappa shape index (κ3) is 3.85. The molecular formula is C11H15F2N7O3. The quantitative estimate of drug-likeness (QED) is 0.290. The van der Waals surface area contributed by atoms with E-state index in [9.17, 15) is 24.0 Å². The molecule has 0 aromatic carbocycles. The Kier molecular flexibility index (Phi) is 5.29. The van der Waals surface area contributed by atoms with Crippen LogP contribution in [0.3, 0.4) is 0 Å². The second kappa shape index (κ2) is 7.20. The van der Waals surface area contributed by atoms with Crippen LogP contribution in [0.5, 0.6) is 0 Å². The first-order valence-electron chi connectivity index (χ1n) is 6.91. The highest BCUT2D eigenvalue weighted by atomic mass is 19.3. The van der Waals surface area contributed by atoms with E-state index in [1.807, 2.05) is 0 Å². The van der Waals surface area contributed by atoms with Crippen molar-refractivity contribution in [3.8, 4) is 0 Å². The van der Waals surface area contributed by atoms with E-state index in [0.29, 0.717) is 12.8 Å². The van der Waals surface area contributed by atoms with Crippen LogP contribution in [0.1, 0.15) is 19.3 Å². The van der Waals surface area contributed by atoms with Crippen molar-refractivity contribution >= 4 is 11.5 Å². The Labute approximate surface area is 129 Å². The second-order valence-corrected chi connectivity index (χ2v) is 5.09. The third-order valence-corrected chi connectivity index (χ3v) is 3.54. The molecule has 2 unspecified atom stereocenters. The van der Waals surface area contributed by atoms with Crippen molar-refractivity contribution in [1.82, 2.24) is 9.78 Å². The van der Waals surface area contributed by atoms with Crippen molar-refractivity contribution in [3.05, 3.63) is 26.8 Å². The van der Waals surface area contributed by atoms with Gasteiger partial charge in [0.1, 0.15) is 18.9 Å². The smallest absolute Gasteiger partial charge is 0.331 e. The molecule has 23 heavy (non-hydrogen) atoms. The Morgan fingerprint density at radius 2 is 2.39 bits per heavy atom. The number of aliphatic hydroxyl groups is 1. The van der Waals surface area contributed by atoms with Gasteiger partial charge in [0.15, 0.2) is 0 Å². The van der Waals surface area contributed by atoms with Crippen molar-refractivity contribution in [1.29, 1.82) is 0 Å². The van der Waals surface area contributed by atoms with Crippen LogP contribution in [-0.4, -0.2) is 45.1 Å². The SMILES string of the molecule is [N-]=[N+]=NC1CC(O)CCCN1c1c([N+](=O)[O-])cnn1CC(F)F. The van der Waals surface area contributed by atoms with Gasteiger partial charge in [0.2, 0.25) is 5.82 Å². The molecule has 0 radical (unpaired) electrons. The number of hydrogen-bond donors (Lipinski definition) is 1. The summed E-state index contributed by atoms with van der Waals surface area (Å²) in [5.74, 6) is -0.137. The van der Waals surface area contributed by atoms with Crippen LogP contribution in [0.4, 0.5) is 20.3 Å². The second-order valence-electron chi connectivity index (χ2n) is 5.09. The molecule has 1 fully saturated rings. The van der Waals surface area contributed by atoms with Gasteiger partial charge in [-0.2, -0.15) is 5.10 Å². The summed E-state index contributed by atoms with van der Waals surface area (Å²) in [6.45, 7) is -0.596. The molecule has 10 nitrogen and oxygen atoms in total. The molecule has 1 aliphatic rings. The fourth-order valence-corrected chi connectivity index (χ4v) is 2.61. The lowest BCUT2D eigenvalue weighted by Gasteiger charge is -2.28. The van der Waals surface area contributed by atoms with Crippen LogP contribution in [0.15, 0.2) is 11.3 Å². The zero-order valence-electron chi connectivity index (χ0n) is 12.0. The predicted molar refractivity (Wildman–Crippen MR) is 75.0 cm³/mol. The molecule has 2 heterocycles. The summed E-state index contributed by atoms with van der Waals surface area (Å²) in [7, 11) is 0. The van der Waals surface area contributed by atoms with Gasteiger partial charge in [-0.25, -0.2) is 13.5 Å². The molecule has 0 aliphatic carbocycles. The Balaban J connectivity index is 2.48. The zero-order valence-corrected chi connectivity index (χ0v) is 12.0. The summed E-state index contributed by atoms with van der Waals surface area (Å²) >= 11 is 0. The average molecular weight is 331 g/mol. The van der Waals surface area contributed by atoms with Gasteiger partial charge in [-0.15, -0.1) is 0 Å². The predicted octanol–water partition coefficient (Wildman–Crippen LogP) is 2.04. The van der Waals surface area contributed by atoms with E-state index in [1.54, 1.807) is 0 Å². The Morgan fingerprint density at radius 1 is 1.65 bits per heavy atom. The third-order valence-electron chi connectivity index (χ3n) is 3.54. The standard InChI is InChI=1S/C11H15F2N7O3/c12-9(13)6-19-11(8(5-15-19)20(22)23)18-3-1-2-7(21)4-10(18)16-17-14/h5,7,9-10,21H,1-4,6H2. The van der Waals surface area contributed by atoms with Crippen LogP contribution in [0.2, 0.25) is 0 Å². The molecule has 1 aromatic rings. The van der Waals surface area contributed by atoms with Crippen molar-refractivity contribution < 1.29 is 18.8 Å². The minimum absolute atomic E-state index is 0.0566. The first-order chi connectivity index (χ1) is 10.9. The minimum atomic E-state index is -2.75. The largest absolute Gasteiger partial charge is 0.393 e. The molecule has 0 amide bonds. The fourth-order valence-electron chi connectivity index (χ4n) is 2.61. The van der Waals surface area contributed by atoms with Gasteiger partial charge in [-0.05, 0) is 24.8 Å². The van der Waals surface area contributed by atoms with E-state index in [4.69, 9.17) is 5.53 Å². The summed E-state index contributed by atoms with van der Waals surface area (Å²) in [4.78, 5) is 14.5. The number of nitro groups is 1. The highest BCUT2D eigenvalue weighted by Gasteiger charge is 2.33. The first kappa shape index (κ1) is 16.9. The van der Waals surface area contributed by atoms with Crippen LogP contribution in [0, 0.1) is 10.1 Å². The van der Waals surface area contributed by atoms with Crippen LogP contribution in [-0.2, 0) is 6.54 Å². The number of anilines is 1. The summed E-state index contributed by atoms with van der Waals surface area (Å²) in [6.07, 6.45) is -2.55. The summed E-state index contributed by atoms with van der Waals surface area (Å²) in [5, 5.41) is 28.2. The lowest BCUT2D eigenvalue weighted by molar-refractivity contribution is -0.384. The molecule has 12 heteroatoms. The number of alkyl halides is 2. The van der Waals surface area contributed by atoms with Gasteiger partial charge < -0.3 is 10.0 Å². The van der Waals surface area contributed by atoms with Crippen LogP contribution >= 0.6 is 0 Å². The van der Waals surface area contributed by atoms with Gasteiger partial charge in [-0.1, -0.05) is 5.11 Å². The van der Waals surface area contributed by atoms with Crippen molar-refractivity contribution in [3.63, 3.8) is 0 Å². The van der Waals surface area contributed by atoms with Crippen molar-refractivity contribution in [2.75, 3.05) is 11.4 Å². The monoisotopic (exact) mass is 331 g/mol. The van der Waals surface area contributed by atoms with E-state index in [1.165, 1.54) is 4.90 Å². The van der Waals surface area contributed by atoms with E-state index >= 15 is 0 Å². The van der Waals surface area contributed by atoms with Gasteiger partial charge in [0.05, 0.1) is 11.0 Å². The van der Waals surface area contributed by atoms with Gasteiger partial charge in [-0.3, -0.25) is 10.1 Å². The van der Waals surface area contributed by atoms with E-state index in [0.717, 1.165) is 10.9 Å². The molecule has 2 atom stereocenters. The first-order valence-corrected chi connectivity index (χ1v) is 6.91. The average Bonchev–Trinajstić information content (AvgIpc) is 2.77. The Morgan fingerprint density at radius 3 is 3.00 bits per heavy atom. The lowest BCUT2D eigenvalue weighted by atomic mass is 10.1. The molecule has 1 saturated heterocycles. The van der Waals surface area contributed by atoms with E-state index in [2.05, 4.69) is 15.1 Å². The topological polar surface area (TPSA) is 133 Å². The number of nitrogens with zero attached hydrogens (tertiary/aromatic N) is 7. The summed E-state index contributed by atoms with van der Waals surface area (Å²) in [5.41, 5.74) is 8.23. The number of rotatable bonds is 5. The highest BCUT2D eigenvalue weighted by molar-refractivity contribution is 5.58. The normalized spacial score (nSPS) is 21.8. The number of azide groups is 1. The van der Waals surface area contributed by atoms with Crippen molar-refractivity contribution in [2.45, 2.75) is 44.5 Å². The molecule has 1 aliphatic heterocycles. The molecule has 126 valence electrons. The molecule has 0 saturated carbocycles. The van der Waals surface area contributed by atoms with E-state index in [-0.39, 0.29) is 18.8 Å². The number of aliphatic hydroxyl groups excluding tert-OH is 1. The minimum Gasteiger partial charge on any atom is -0.393 e. The van der Waals surface area contributed by atoms with Crippen molar-refractivity contribution in [2.24, 2.45) is 5.11 Å². The van der Waals surface area contributed by atoms with Gasteiger partial charge in [0, 0.05) is 11.5 Å². The van der Waals surface area contributed by atoms with Gasteiger partial charge >= 0.3 is 5.69 Å². The molecule has 0 bridgehead atoms. The number of hydrogen-bond acceptors (Lipinski definition) is 6. The summed E-state index contributed by atoms with van der Waals surface area (Å²) < 4.78 is 26.2. The molecule has 2 rings (SSSR count). The van der Waals surface area contributed by atoms with Crippen LogP contribution < -0.4 is 4.90 Å². The maximum Gasteiger partial charge on any atom is 0.331 e. The molecule has 0 spiro atoms. The van der Waals surface area contributed by atoms with E-state index < -0.39 is 35.9 Å².